The molecule has 1 saturated heterocycles. The first-order valence-electron chi connectivity index (χ1n) is 10.8. The number of nitrogens with zero attached hydrogens (tertiary/aromatic N) is 5. The van der Waals surface area contributed by atoms with E-state index in [2.05, 4.69) is 15.0 Å². The molecule has 0 spiro atoms. The molecule has 0 radical (unpaired) electrons. The summed E-state index contributed by atoms with van der Waals surface area (Å²) in [6.07, 6.45) is 0. The van der Waals surface area contributed by atoms with Gasteiger partial charge in [-0.05, 0) is 30.7 Å². The molecule has 0 N–H and O–H groups in total. The molecule has 8 nitrogen and oxygen atoms in total. The minimum atomic E-state index is -3.53. The van der Waals surface area contributed by atoms with Crippen molar-refractivity contribution in [3.8, 4) is 10.6 Å². The number of fused-ring (bicyclic) bond motifs is 1. The molecule has 1 aliphatic rings. The van der Waals surface area contributed by atoms with Gasteiger partial charge in [0.15, 0.2) is 0 Å². The third kappa shape index (κ3) is 4.51. The van der Waals surface area contributed by atoms with Crippen molar-refractivity contribution in [2.45, 2.75) is 18.4 Å². The van der Waals surface area contributed by atoms with E-state index in [1.165, 1.54) is 26.2 Å². The average Bonchev–Trinajstić information content (AvgIpc) is 3.25. The van der Waals surface area contributed by atoms with Crippen LogP contribution in [-0.2, 0) is 16.6 Å². The topological polar surface area (TPSA) is 87.9 Å². The van der Waals surface area contributed by atoms with Crippen LogP contribution in [0.1, 0.15) is 11.3 Å². The Hall–Kier alpha value is -2.63. The first-order valence-corrected chi connectivity index (χ1v) is 13.4. The summed E-state index contributed by atoms with van der Waals surface area (Å²) >= 11 is 7.30. The molecular formula is C23H22ClN5O3S2. The predicted molar refractivity (Wildman–Crippen MR) is 133 cm³/mol. The van der Waals surface area contributed by atoms with Crippen molar-refractivity contribution in [2.75, 3.05) is 26.2 Å². The highest BCUT2D eigenvalue weighted by molar-refractivity contribution is 7.89. The van der Waals surface area contributed by atoms with Crippen LogP contribution in [0.3, 0.4) is 0 Å². The Morgan fingerprint density at radius 2 is 1.74 bits per heavy atom. The number of piperazine rings is 1. The zero-order valence-corrected chi connectivity index (χ0v) is 20.8. The van der Waals surface area contributed by atoms with Gasteiger partial charge < -0.3 is 0 Å². The highest BCUT2D eigenvalue weighted by Crippen LogP contribution is 2.26. The summed E-state index contributed by atoms with van der Waals surface area (Å²) in [6.45, 7) is 4.17. The monoisotopic (exact) mass is 515 g/mol. The van der Waals surface area contributed by atoms with Crippen LogP contribution >= 0.6 is 22.9 Å². The van der Waals surface area contributed by atoms with E-state index in [9.17, 15) is 13.2 Å². The molecule has 0 atom stereocenters. The lowest BCUT2D eigenvalue weighted by Crippen LogP contribution is -2.48. The normalized spacial score (nSPS) is 15.7. The lowest BCUT2D eigenvalue weighted by Gasteiger charge is -2.34. The zero-order chi connectivity index (χ0) is 23.9. The fourth-order valence-corrected chi connectivity index (χ4v) is 6.69. The van der Waals surface area contributed by atoms with Crippen LogP contribution in [0.15, 0.2) is 64.3 Å². The number of rotatable bonds is 5. The van der Waals surface area contributed by atoms with E-state index in [0.29, 0.717) is 58.3 Å². The molecule has 34 heavy (non-hydrogen) atoms. The second-order valence-electron chi connectivity index (χ2n) is 8.14. The number of halogens is 1. The Morgan fingerprint density at radius 3 is 2.44 bits per heavy atom. The number of aromatic nitrogens is 3. The van der Waals surface area contributed by atoms with E-state index in [4.69, 9.17) is 11.6 Å². The third-order valence-electron chi connectivity index (χ3n) is 5.82. The Kier molecular flexibility index (Phi) is 6.26. The molecule has 1 fully saturated rings. The molecule has 0 amide bonds. The van der Waals surface area contributed by atoms with Crippen LogP contribution in [-0.4, -0.2) is 58.4 Å². The SMILES string of the molecule is Cc1ccccc1S(=O)(=O)N1CCN(Cc2cc(=O)n3nc(-c4ccc(Cl)cc4)sc3n2)CC1. The number of sulfonamides is 1. The van der Waals surface area contributed by atoms with Gasteiger partial charge in [-0.1, -0.05) is 53.3 Å². The summed E-state index contributed by atoms with van der Waals surface area (Å²) < 4.78 is 28.9. The molecule has 5 rings (SSSR count). The van der Waals surface area contributed by atoms with Gasteiger partial charge in [-0.3, -0.25) is 9.69 Å². The predicted octanol–water partition coefficient (Wildman–Crippen LogP) is 3.29. The smallest absolute Gasteiger partial charge is 0.275 e. The maximum absolute atomic E-state index is 13.0. The molecular weight excluding hydrogens is 494 g/mol. The van der Waals surface area contributed by atoms with Crippen molar-refractivity contribution < 1.29 is 8.42 Å². The van der Waals surface area contributed by atoms with Crippen molar-refractivity contribution in [3.63, 3.8) is 0 Å². The number of hydrogen-bond donors (Lipinski definition) is 0. The Balaban J connectivity index is 1.30. The minimum Gasteiger partial charge on any atom is -0.295 e. The fourth-order valence-electron chi connectivity index (χ4n) is 3.99. The van der Waals surface area contributed by atoms with Crippen LogP contribution in [0.25, 0.3) is 15.5 Å². The van der Waals surface area contributed by atoms with Crippen LogP contribution < -0.4 is 5.56 Å². The van der Waals surface area contributed by atoms with Crippen LogP contribution in [0.2, 0.25) is 5.02 Å². The second-order valence-corrected chi connectivity index (χ2v) is 11.4. The van der Waals surface area contributed by atoms with Gasteiger partial charge in [0.2, 0.25) is 15.0 Å². The highest BCUT2D eigenvalue weighted by Gasteiger charge is 2.29. The maximum atomic E-state index is 13.0. The molecule has 3 heterocycles. The van der Waals surface area contributed by atoms with Crippen molar-refractivity contribution in [3.05, 3.63) is 81.2 Å². The standard InChI is InChI=1S/C23H22ClN5O3S2/c1-16-4-2-3-5-20(16)34(31,32)28-12-10-27(11-13-28)15-19-14-21(30)29-23(25-19)33-22(26-29)17-6-8-18(24)9-7-17/h2-9,14H,10-13,15H2,1H3. The fraction of sp³-hybridized carbons (Fsp3) is 0.261. The Morgan fingerprint density at radius 1 is 1.03 bits per heavy atom. The summed E-state index contributed by atoms with van der Waals surface area (Å²) in [7, 11) is -3.53. The lowest BCUT2D eigenvalue weighted by atomic mass is 10.2. The first-order chi connectivity index (χ1) is 16.3. The number of benzene rings is 2. The van der Waals surface area contributed by atoms with Crippen molar-refractivity contribution in [1.29, 1.82) is 0 Å². The molecule has 1 aliphatic heterocycles. The van der Waals surface area contributed by atoms with E-state index in [-0.39, 0.29) is 5.56 Å². The highest BCUT2D eigenvalue weighted by atomic mass is 35.5. The lowest BCUT2D eigenvalue weighted by molar-refractivity contribution is 0.180. The van der Waals surface area contributed by atoms with Crippen LogP contribution in [0, 0.1) is 6.92 Å². The molecule has 11 heteroatoms. The maximum Gasteiger partial charge on any atom is 0.275 e. The molecule has 2 aromatic heterocycles. The van der Waals surface area contributed by atoms with E-state index < -0.39 is 10.0 Å². The van der Waals surface area contributed by atoms with Crippen molar-refractivity contribution in [1.82, 2.24) is 23.8 Å². The molecule has 4 aromatic rings. The van der Waals surface area contributed by atoms with Crippen molar-refractivity contribution >= 4 is 37.9 Å². The largest absolute Gasteiger partial charge is 0.295 e. The number of aryl methyl sites for hydroxylation is 1. The Labute approximate surface area is 206 Å². The van der Waals surface area contributed by atoms with Crippen LogP contribution in [0.5, 0.6) is 0 Å². The van der Waals surface area contributed by atoms with Gasteiger partial charge in [0.1, 0.15) is 5.01 Å². The van der Waals surface area contributed by atoms with Gasteiger partial charge in [-0.15, -0.1) is 0 Å². The van der Waals surface area contributed by atoms with Crippen molar-refractivity contribution in [2.24, 2.45) is 0 Å². The van der Waals surface area contributed by atoms with Gasteiger partial charge >= 0.3 is 0 Å². The molecule has 0 bridgehead atoms. The third-order valence-corrected chi connectivity index (χ3v) is 9.09. The molecule has 0 aliphatic carbocycles. The molecule has 2 aromatic carbocycles. The minimum absolute atomic E-state index is 0.239. The summed E-state index contributed by atoms with van der Waals surface area (Å²) in [5.41, 5.74) is 2.01. The average molecular weight is 516 g/mol. The Bertz CT molecular complexity index is 1510. The van der Waals surface area contributed by atoms with Crippen LogP contribution in [0.4, 0.5) is 0 Å². The summed E-state index contributed by atoms with van der Waals surface area (Å²) in [5.74, 6) is 0. The van der Waals surface area contributed by atoms with E-state index in [0.717, 1.165) is 11.1 Å². The van der Waals surface area contributed by atoms with Gasteiger partial charge in [-0.2, -0.15) is 13.9 Å². The number of hydrogen-bond acceptors (Lipinski definition) is 7. The molecule has 0 unspecified atom stereocenters. The second kappa shape index (κ2) is 9.20. The van der Waals surface area contributed by atoms with Gasteiger partial charge in [0.05, 0.1) is 10.6 Å². The molecule has 176 valence electrons. The summed E-state index contributed by atoms with van der Waals surface area (Å²) in [5, 5.41) is 5.72. The quantitative estimate of drug-likeness (QED) is 0.405. The van der Waals surface area contributed by atoms with Gasteiger partial charge in [-0.25, -0.2) is 13.4 Å². The van der Waals surface area contributed by atoms with E-state index >= 15 is 0 Å². The molecule has 0 saturated carbocycles. The van der Waals surface area contributed by atoms with E-state index in [1.54, 1.807) is 37.3 Å². The van der Waals surface area contributed by atoms with Gasteiger partial charge in [0, 0.05) is 49.4 Å². The van der Waals surface area contributed by atoms with E-state index in [1.807, 2.05) is 18.2 Å². The van der Waals surface area contributed by atoms with Gasteiger partial charge in [0.25, 0.3) is 5.56 Å². The summed E-state index contributed by atoms with van der Waals surface area (Å²) in [6, 6.07) is 15.8. The summed E-state index contributed by atoms with van der Waals surface area (Å²) in [4.78, 5) is 20.3. The first kappa shape index (κ1) is 23.1. The zero-order valence-electron chi connectivity index (χ0n) is 18.4.